The normalized spacial score (nSPS) is 20.0. The third kappa shape index (κ3) is 5.16. The van der Waals surface area contributed by atoms with Gasteiger partial charge < -0.3 is 4.90 Å². The van der Waals surface area contributed by atoms with Gasteiger partial charge in [-0.05, 0) is 61.3 Å². The third-order valence-electron chi connectivity index (χ3n) is 5.69. The van der Waals surface area contributed by atoms with Crippen LogP contribution in [0.3, 0.4) is 0 Å². The number of rotatable bonds is 5. The quantitative estimate of drug-likeness (QED) is 0.504. The second kappa shape index (κ2) is 9.54. The number of likely N-dealkylation sites (tertiary alicyclic amines) is 1. The molecule has 1 saturated heterocycles. The van der Waals surface area contributed by atoms with Crippen LogP contribution in [0.2, 0.25) is 0 Å². The summed E-state index contributed by atoms with van der Waals surface area (Å²) in [6.45, 7) is 3.04. The number of benzene rings is 2. The Morgan fingerprint density at radius 3 is 2.21 bits per heavy atom. The first kappa shape index (κ1) is 20.8. The highest BCUT2D eigenvalue weighted by molar-refractivity contribution is 9.10. The molecule has 0 spiro atoms. The van der Waals surface area contributed by atoms with E-state index < -0.39 is 0 Å². The predicted octanol–water partition coefficient (Wildman–Crippen LogP) is 5.77. The minimum Gasteiger partial charge on any atom is -0.303 e. The van der Waals surface area contributed by atoms with Crippen molar-refractivity contribution in [2.45, 2.75) is 38.1 Å². The zero-order chi connectivity index (χ0) is 20.2. The summed E-state index contributed by atoms with van der Waals surface area (Å²) in [6, 6.07) is 16.3. The SMILES string of the molecule is O=C(CCN1CCCCC1)N1N=C(c2ccc(Br)cc2)C[C@@H]1c1ccc(Br)cc1. The fourth-order valence-corrected chi connectivity index (χ4v) is 4.58. The van der Waals surface area contributed by atoms with Crippen molar-refractivity contribution in [1.29, 1.82) is 0 Å². The molecule has 0 N–H and O–H groups in total. The molecular formula is C23H25Br2N3O. The molecular weight excluding hydrogens is 494 g/mol. The summed E-state index contributed by atoms with van der Waals surface area (Å²) in [5.74, 6) is 0.107. The Labute approximate surface area is 189 Å². The maximum Gasteiger partial charge on any atom is 0.244 e. The van der Waals surface area contributed by atoms with Gasteiger partial charge in [0, 0.05) is 28.3 Å². The number of amides is 1. The molecule has 0 aliphatic carbocycles. The van der Waals surface area contributed by atoms with Crippen molar-refractivity contribution in [1.82, 2.24) is 9.91 Å². The van der Waals surface area contributed by atoms with Crippen LogP contribution in [0.1, 0.15) is 49.3 Å². The largest absolute Gasteiger partial charge is 0.303 e. The number of hydrazone groups is 1. The lowest BCUT2D eigenvalue weighted by atomic mass is 9.98. The van der Waals surface area contributed by atoms with E-state index in [-0.39, 0.29) is 11.9 Å². The highest BCUT2D eigenvalue weighted by atomic mass is 79.9. The molecule has 0 radical (unpaired) electrons. The minimum absolute atomic E-state index is 0.0457. The van der Waals surface area contributed by atoms with Crippen molar-refractivity contribution in [3.05, 3.63) is 68.6 Å². The van der Waals surface area contributed by atoms with Gasteiger partial charge in [-0.25, -0.2) is 5.01 Å². The van der Waals surface area contributed by atoms with Gasteiger partial charge in [0.25, 0.3) is 0 Å². The second-order valence-corrected chi connectivity index (χ2v) is 9.55. The van der Waals surface area contributed by atoms with Gasteiger partial charge in [-0.15, -0.1) is 0 Å². The molecule has 2 aliphatic heterocycles. The average molecular weight is 519 g/mol. The van der Waals surface area contributed by atoms with Crippen molar-refractivity contribution in [2.75, 3.05) is 19.6 Å². The number of halogens is 2. The maximum absolute atomic E-state index is 13.1. The summed E-state index contributed by atoms with van der Waals surface area (Å²) >= 11 is 6.99. The van der Waals surface area contributed by atoms with Crippen molar-refractivity contribution in [3.8, 4) is 0 Å². The van der Waals surface area contributed by atoms with E-state index in [1.807, 2.05) is 24.3 Å². The molecule has 0 bridgehead atoms. The molecule has 1 amide bonds. The fraction of sp³-hybridized carbons (Fsp3) is 0.391. The second-order valence-electron chi connectivity index (χ2n) is 7.72. The molecule has 0 unspecified atom stereocenters. The Morgan fingerprint density at radius 2 is 1.55 bits per heavy atom. The number of carbonyl (C=O) groups is 1. The molecule has 29 heavy (non-hydrogen) atoms. The molecule has 152 valence electrons. The Kier molecular flexibility index (Phi) is 6.83. The Bertz CT molecular complexity index is 874. The van der Waals surface area contributed by atoms with Crippen molar-refractivity contribution in [2.24, 2.45) is 5.10 Å². The highest BCUT2D eigenvalue weighted by Crippen LogP contribution is 2.34. The topological polar surface area (TPSA) is 35.9 Å². The van der Waals surface area contributed by atoms with E-state index in [0.29, 0.717) is 6.42 Å². The van der Waals surface area contributed by atoms with Gasteiger partial charge in [-0.2, -0.15) is 5.10 Å². The first-order valence-corrected chi connectivity index (χ1v) is 11.8. The van der Waals surface area contributed by atoms with E-state index in [1.54, 1.807) is 5.01 Å². The fourth-order valence-electron chi connectivity index (χ4n) is 4.05. The van der Waals surface area contributed by atoms with Crippen LogP contribution in [-0.2, 0) is 4.79 Å². The van der Waals surface area contributed by atoms with Crippen molar-refractivity contribution in [3.63, 3.8) is 0 Å². The van der Waals surface area contributed by atoms with E-state index in [1.165, 1.54) is 19.3 Å². The van der Waals surface area contributed by atoms with Crippen LogP contribution < -0.4 is 0 Å². The summed E-state index contributed by atoms with van der Waals surface area (Å²) in [5, 5.41) is 6.51. The first-order chi connectivity index (χ1) is 14.1. The van der Waals surface area contributed by atoms with Crippen LogP contribution in [-0.4, -0.2) is 41.2 Å². The summed E-state index contributed by atoms with van der Waals surface area (Å²) < 4.78 is 2.08. The van der Waals surface area contributed by atoms with Gasteiger partial charge in [0.2, 0.25) is 5.91 Å². The molecule has 2 aromatic rings. The van der Waals surface area contributed by atoms with Gasteiger partial charge >= 0.3 is 0 Å². The van der Waals surface area contributed by atoms with Gasteiger partial charge in [-0.1, -0.05) is 62.5 Å². The molecule has 0 saturated carbocycles. The number of piperidine rings is 1. The third-order valence-corrected chi connectivity index (χ3v) is 6.75. The van der Waals surface area contributed by atoms with E-state index in [4.69, 9.17) is 5.10 Å². The summed E-state index contributed by atoms with van der Waals surface area (Å²) in [7, 11) is 0. The predicted molar refractivity (Wildman–Crippen MR) is 124 cm³/mol. The van der Waals surface area contributed by atoms with Gasteiger partial charge in [-0.3, -0.25) is 4.79 Å². The van der Waals surface area contributed by atoms with E-state index in [9.17, 15) is 4.79 Å². The molecule has 4 nitrogen and oxygen atoms in total. The molecule has 2 heterocycles. The van der Waals surface area contributed by atoms with Crippen LogP contribution in [0.15, 0.2) is 62.6 Å². The van der Waals surface area contributed by atoms with E-state index in [0.717, 1.165) is 51.8 Å². The lowest BCUT2D eigenvalue weighted by Crippen LogP contribution is -2.35. The van der Waals surface area contributed by atoms with Gasteiger partial charge in [0.1, 0.15) is 0 Å². The molecule has 2 aromatic carbocycles. The number of hydrogen-bond acceptors (Lipinski definition) is 3. The molecule has 1 atom stereocenters. The van der Waals surface area contributed by atoms with Crippen molar-refractivity contribution < 1.29 is 4.79 Å². The molecule has 1 fully saturated rings. The Hall–Kier alpha value is -1.50. The zero-order valence-electron chi connectivity index (χ0n) is 16.4. The summed E-state index contributed by atoms with van der Waals surface area (Å²) in [4.78, 5) is 15.6. The monoisotopic (exact) mass is 517 g/mol. The molecule has 2 aliphatic rings. The standard InChI is InChI=1S/C23H25Br2N3O/c24-19-8-4-17(5-9-19)21-16-22(18-6-10-20(25)11-7-18)28(26-21)23(29)12-15-27-13-2-1-3-14-27/h4-11,22H,1-3,12-16H2/t22-/m1/s1. The molecule has 0 aromatic heterocycles. The Balaban J connectivity index is 1.53. The van der Waals surface area contributed by atoms with Crippen LogP contribution in [0.4, 0.5) is 0 Å². The van der Waals surface area contributed by atoms with Gasteiger partial charge in [0.15, 0.2) is 0 Å². The lowest BCUT2D eigenvalue weighted by Gasteiger charge is -2.27. The maximum atomic E-state index is 13.1. The van der Waals surface area contributed by atoms with Crippen LogP contribution in [0.5, 0.6) is 0 Å². The van der Waals surface area contributed by atoms with Crippen LogP contribution >= 0.6 is 31.9 Å². The van der Waals surface area contributed by atoms with Crippen LogP contribution in [0.25, 0.3) is 0 Å². The summed E-state index contributed by atoms with van der Waals surface area (Å²) in [6.07, 6.45) is 5.04. The average Bonchev–Trinajstić information content (AvgIpc) is 3.19. The smallest absolute Gasteiger partial charge is 0.244 e. The van der Waals surface area contributed by atoms with Crippen LogP contribution in [0, 0.1) is 0 Å². The minimum atomic E-state index is -0.0457. The first-order valence-electron chi connectivity index (χ1n) is 10.2. The number of hydrogen-bond donors (Lipinski definition) is 0. The zero-order valence-corrected chi connectivity index (χ0v) is 19.5. The van der Waals surface area contributed by atoms with Gasteiger partial charge in [0.05, 0.1) is 11.8 Å². The van der Waals surface area contributed by atoms with Crippen molar-refractivity contribution >= 4 is 43.5 Å². The highest BCUT2D eigenvalue weighted by Gasteiger charge is 2.33. The molecule has 4 rings (SSSR count). The molecule has 6 heteroatoms. The lowest BCUT2D eigenvalue weighted by molar-refractivity contribution is -0.133. The Morgan fingerprint density at radius 1 is 0.931 bits per heavy atom. The summed E-state index contributed by atoms with van der Waals surface area (Å²) in [5.41, 5.74) is 3.16. The number of nitrogens with zero attached hydrogens (tertiary/aromatic N) is 3. The number of carbonyl (C=O) groups excluding carboxylic acids is 1. The van der Waals surface area contributed by atoms with E-state index in [2.05, 4.69) is 61.0 Å². The van der Waals surface area contributed by atoms with E-state index >= 15 is 0 Å².